The average Bonchev–Trinajstić information content (AvgIpc) is 3.59. The van der Waals surface area contributed by atoms with Crippen molar-refractivity contribution in [2.75, 3.05) is 26.2 Å². The van der Waals surface area contributed by atoms with Crippen molar-refractivity contribution >= 4 is 28.7 Å². The SMILES string of the molecule is CCN(Cc1ccc(C2=NCCN2)cc1)C(=O)CNC(=O)c1nc2cc(C)ccc2n1Cc1cccc(F)c1. The van der Waals surface area contributed by atoms with Crippen LogP contribution in [0.25, 0.3) is 11.0 Å². The minimum absolute atomic E-state index is 0.159. The van der Waals surface area contributed by atoms with Gasteiger partial charge >= 0.3 is 0 Å². The highest BCUT2D eigenvalue weighted by Crippen LogP contribution is 2.20. The number of nitrogens with zero attached hydrogens (tertiary/aromatic N) is 4. The fraction of sp³-hybridized carbons (Fsp3) is 0.267. The summed E-state index contributed by atoms with van der Waals surface area (Å²) in [5, 5.41) is 6.00. The maximum atomic E-state index is 13.8. The lowest BCUT2D eigenvalue weighted by molar-refractivity contribution is -0.130. The molecule has 9 heteroatoms. The summed E-state index contributed by atoms with van der Waals surface area (Å²) in [7, 11) is 0. The maximum absolute atomic E-state index is 13.8. The number of hydrogen-bond donors (Lipinski definition) is 2. The van der Waals surface area contributed by atoms with Crippen molar-refractivity contribution in [2.24, 2.45) is 4.99 Å². The average molecular weight is 527 g/mol. The topological polar surface area (TPSA) is 91.6 Å². The quantitative estimate of drug-likeness (QED) is 0.348. The molecule has 3 aromatic carbocycles. The molecule has 0 fully saturated rings. The molecule has 0 spiro atoms. The Kier molecular flexibility index (Phi) is 7.67. The third-order valence-corrected chi connectivity index (χ3v) is 6.75. The summed E-state index contributed by atoms with van der Waals surface area (Å²) < 4.78 is 15.6. The molecule has 5 rings (SSSR count). The van der Waals surface area contributed by atoms with Gasteiger partial charge in [-0.25, -0.2) is 9.37 Å². The number of carbonyl (C=O) groups is 2. The van der Waals surface area contributed by atoms with Crippen molar-refractivity contribution in [1.82, 2.24) is 25.1 Å². The molecule has 2 N–H and O–H groups in total. The summed E-state index contributed by atoms with van der Waals surface area (Å²) >= 11 is 0. The minimum atomic E-state index is -0.459. The summed E-state index contributed by atoms with van der Waals surface area (Å²) in [4.78, 5) is 37.0. The van der Waals surface area contributed by atoms with Crippen LogP contribution in [0.4, 0.5) is 4.39 Å². The molecule has 0 saturated heterocycles. The molecule has 1 aromatic heterocycles. The predicted octanol–water partition coefficient (Wildman–Crippen LogP) is 3.66. The van der Waals surface area contributed by atoms with E-state index in [2.05, 4.69) is 20.6 Å². The van der Waals surface area contributed by atoms with Gasteiger partial charge in [0.25, 0.3) is 5.91 Å². The molecule has 200 valence electrons. The molecule has 1 aliphatic heterocycles. The van der Waals surface area contributed by atoms with Crippen LogP contribution in [-0.2, 0) is 17.9 Å². The van der Waals surface area contributed by atoms with Gasteiger partial charge in [0.15, 0.2) is 5.82 Å². The molecule has 4 aromatic rings. The summed E-state index contributed by atoms with van der Waals surface area (Å²) in [5.41, 5.74) is 5.16. The van der Waals surface area contributed by atoms with E-state index in [0.717, 1.165) is 41.1 Å². The first kappa shape index (κ1) is 26.1. The molecule has 2 heterocycles. The molecule has 0 saturated carbocycles. The molecule has 1 aliphatic rings. The van der Waals surface area contributed by atoms with Crippen LogP contribution >= 0.6 is 0 Å². The van der Waals surface area contributed by atoms with Crippen molar-refractivity contribution in [2.45, 2.75) is 26.9 Å². The van der Waals surface area contributed by atoms with Crippen LogP contribution in [0.15, 0.2) is 71.7 Å². The zero-order chi connectivity index (χ0) is 27.4. The number of amidine groups is 1. The Hall–Kier alpha value is -4.53. The highest BCUT2D eigenvalue weighted by atomic mass is 19.1. The van der Waals surface area contributed by atoms with E-state index in [1.807, 2.05) is 56.3 Å². The number of aryl methyl sites for hydroxylation is 1. The van der Waals surface area contributed by atoms with Crippen LogP contribution in [0.5, 0.6) is 0 Å². The fourth-order valence-corrected chi connectivity index (χ4v) is 4.69. The number of nitrogens with one attached hydrogen (secondary N) is 2. The molecule has 0 radical (unpaired) electrons. The Labute approximate surface area is 226 Å². The molecule has 8 nitrogen and oxygen atoms in total. The van der Waals surface area contributed by atoms with E-state index in [-0.39, 0.29) is 30.6 Å². The minimum Gasteiger partial charge on any atom is -0.368 e. The first-order valence-corrected chi connectivity index (χ1v) is 13.1. The number of benzene rings is 3. The third kappa shape index (κ3) is 5.98. The number of hydrogen-bond acceptors (Lipinski definition) is 5. The van der Waals surface area contributed by atoms with E-state index in [4.69, 9.17) is 0 Å². The summed E-state index contributed by atoms with van der Waals surface area (Å²) in [6.07, 6.45) is 0. The molecular weight excluding hydrogens is 495 g/mol. The predicted molar refractivity (Wildman–Crippen MR) is 149 cm³/mol. The number of amides is 2. The van der Waals surface area contributed by atoms with Crippen LogP contribution in [0.3, 0.4) is 0 Å². The zero-order valence-corrected chi connectivity index (χ0v) is 22.1. The number of aromatic nitrogens is 2. The number of aliphatic imine (C=N–C) groups is 1. The monoisotopic (exact) mass is 526 g/mol. The third-order valence-electron chi connectivity index (χ3n) is 6.75. The fourth-order valence-electron chi connectivity index (χ4n) is 4.69. The largest absolute Gasteiger partial charge is 0.368 e. The number of halogens is 1. The number of likely N-dealkylation sites (N-methyl/N-ethyl adjacent to an activating group) is 1. The Morgan fingerprint density at radius 3 is 2.62 bits per heavy atom. The van der Waals surface area contributed by atoms with Gasteiger partial charge in [-0.3, -0.25) is 14.6 Å². The Bertz CT molecular complexity index is 1540. The molecule has 0 bridgehead atoms. The standard InChI is InChI=1S/C30H31FN6O2/c1-3-36(18-21-8-10-23(11-9-21)28-32-13-14-33-28)27(38)17-34-30(39)29-35-25-15-20(2)7-12-26(25)37(29)19-22-5-4-6-24(31)16-22/h4-12,15-16H,3,13-14,17-19H2,1-2H3,(H,32,33)(H,34,39). The second-order valence-corrected chi connectivity index (χ2v) is 9.59. The molecular formula is C30H31FN6O2. The normalized spacial score (nSPS) is 12.7. The van der Waals surface area contributed by atoms with Gasteiger partial charge in [-0.1, -0.05) is 42.5 Å². The molecule has 0 unspecified atom stereocenters. The lowest BCUT2D eigenvalue weighted by Gasteiger charge is -2.21. The second-order valence-electron chi connectivity index (χ2n) is 9.59. The van der Waals surface area contributed by atoms with Gasteiger partial charge in [-0.2, -0.15) is 0 Å². The molecule has 2 amide bonds. The van der Waals surface area contributed by atoms with Crippen LogP contribution in [0.1, 0.15) is 39.8 Å². The Morgan fingerprint density at radius 1 is 1.08 bits per heavy atom. The summed E-state index contributed by atoms with van der Waals surface area (Å²) in [6, 6.07) is 20.0. The Balaban J connectivity index is 1.28. The smallest absolute Gasteiger partial charge is 0.287 e. The van der Waals surface area contributed by atoms with Gasteiger partial charge in [0.2, 0.25) is 5.91 Å². The molecule has 39 heavy (non-hydrogen) atoms. The summed E-state index contributed by atoms with van der Waals surface area (Å²) in [5.74, 6) is 0.0721. The zero-order valence-electron chi connectivity index (χ0n) is 22.1. The Morgan fingerprint density at radius 2 is 1.90 bits per heavy atom. The van der Waals surface area contributed by atoms with Crippen LogP contribution < -0.4 is 10.6 Å². The highest BCUT2D eigenvalue weighted by Gasteiger charge is 2.20. The van der Waals surface area contributed by atoms with Crippen LogP contribution in [0, 0.1) is 12.7 Å². The van der Waals surface area contributed by atoms with E-state index in [9.17, 15) is 14.0 Å². The van der Waals surface area contributed by atoms with Crippen LogP contribution in [0.2, 0.25) is 0 Å². The van der Waals surface area contributed by atoms with Crippen LogP contribution in [-0.4, -0.2) is 58.3 Å². The lowest BCUT2D eigenvalue weighted by Crippen LogP contribution is -2.40. The van der Waals surface area contributed by atoms with Crippen molar-refractivity contribution < 1.29 is 14.0 Å². The van der Waals surface area contributed by atoms with E-state index >= 15 is 0 Å². The van der Waals surface area contributed by atoms with Gasteiger partial charge in [0.05, 0.1) is 24.1 Å². The second kappa shape index (κ2) is 11.5. The van der Waals surface area contributed by atoms with E-state index < -0.39 is 5.91 Å². The van der Waals surface area contributed by atoms with E-state index in [1.165, 1.54) is 12.1 Å². The van der Waals surface area contributed by atoms with Gasteiger partial charge in [-0.15, -0.1) is 0 Å². The van der Waals surface area contributed by atoms with E-state index in [0.29, 0.717) is 24.2 Å². The molecule has 0 aliphatic carbocycles. The van der Waals surface area contributed by atoms with Gasteiger partial charge in [-0.05, 0) is 54.8 Å². The number of carbonyl (C=O) groups excluding carboxylic acids is 2. The number of rotatable bonds is 9. The van der Waals surface area contributed by atoms with Crippen molar-refractivity contribution in [1.29, 1.82) is 0 Å². The van der Waals surface area contributed by atoms with Crippen molar-refractivity contribution in [3.8, 4) is 0 Å². The van der Waals surface area contributed by atoms with Gasteiger partial charge in [0, 0.05) is 31.7 Å². The first-order valence-electron chi connectivity index (χ1n) is 13.1. The van der Waals surface area contributed by atoms with E-state index in [1.54, 1.807) is 21.6 Å². The first-order chi connectivity index (χ1) is 18.9. The maximum Gasteiger partial charge on any atom is 0.287 e. The highest BCUT2D eigenvalue weighted by molar-refractivity contribution is 5.99. The van der Waals surface area contributed by atoms with Crippen molar-refractivity contribution in [3.05, 3.63) is 101 Å². The summed E-state index contributed by atoms with van der Waals surface area (Å²) in [6.45, 7) is 6.54. The number of imidazole rings is 1. The van der Waals surface area contributed by atoms with Gasteiger partial charge in [0.1, 0.15) is 11.7 Å². The molecule has 0 atom stereocenters. The van der Waals surface area contributed by atoms with Crippen molar-refractivity contribution in [3.63, 3.8) is 0 Å². The lowest BCUT2D eigenvalue weighted by atomic mass is 10.1. The van der Waals surface area contributed by atoms with Gasteiger partial charge < -0.3 is 20.1 Å². The number of fused-ring (bicyclic) bond motifs is 1.